The van der Waals surface area contributed by atoms with Crippen LogP contribution in [0.25, 0.3) is 16.9 Å². The van der Waals surface area contributed by atoms with Crippen molar-refractivity contribution in [2.24, 2.45) is 0 Å². The predicted molar refractivity (Wildman–Crippen MR) is 156 cm³/mol. The molecule has 2 heterocycles. The van der Waals surface area contributed by atoms with E-state index in [1.165, 1.54) is 5.56 Å². The lowest BCUT2D eigenvalue weighted by Gasteiger charge is -2.35. The molecule has 7 nitrogen and oxygen atoms in total. The minimum atomic E-state index is -0.0135. The summed E-state index contributed by atoms with van der Waals surface area (Å²) in [5, 5.41) is 0. The maximum atomic E-state index is 13.8. The van der Waals surface area contributed by atoms with Crippen molar-refractivity contribution in [2.45, 2.75) is 20.3 Å². The Bertz CT molecular complexity index is 1480. The van der Waals surface area contributed by atoms with Crippen molar-refractivity contribution in [2.75, 3.05) is 40.4 Å². The van der Waals surface area contributed by atoms with Crippen molar-refractivity contribution in [1.82, 2.24) is 14.4 Å². The van der Waals surface area contributed by atoms with Gasteiger partial charge in [-0.25, -0.2) is 0 Å². The minimum Gasteiger partial charge on any atom is -0.497 e. The molecule has 0 saturated carbocycles. The number of ether oxygens (including phenoxy) is 2. The van der Waals surface area contributed by atoms with Gasteiger partial charge in [0, 0.05) is 37.6 Å². The van der Waals surface area contributed by atoms with Gasteiger partial charge in [-0.2, -0.15) is 0 Å². The van der Waals surface area contributed by atoms with Crippen molar-refractivity contribution in [3.8, 4) is 28.4 Å². The fraction of sp³-hybridized carbons (Fsp3) is 0.273. The van der Waals surface area contributed by atoms with Gasteiger partial charge in [-0.1, -0.05) is 29.8 Å². The topological polar surface area (TPSA) is 64.0 Å². The molecular formula is C33H35N3O4. The number of hydrogen-bond acceptors (Lipinski definition) is 4. The number of aryl methyl sites for hydroxylation is 1. The van der Waals surface area contributed by atoms with Crippen molar-refractivity contribution in [1.29, 1.82) is 0 Å². The summed E-state index contributed by atoms with van der Waals surface area (Å²) in [5.41, 5.74) is 6.63. The highest BCUT2D eigenvalue weighted by Crippen LogP contribution is 2.31. The average molecular weight is 538 g/mol. The van der Waals surface area contributed by atoms with E-state index in [2.05, 4.69) is 35.8 Å². The van der Waals surface area contributed by atoms with Gasteiger partial charge >= 0.3 is 0 Å². The van der Waals surface area contributed by atoms with Crippen LogP contribution in [0.2, 0.25) is 0 Å². The third-order valence-electron chi connectivity index (χ3n) is 7.59. The van der Waals surface area contributed by atoms with Crippen LogP contribution in [-0.2, 0) is 11.2 Å². The maximum absolute atomic E-state index is 13.8. The molecule has 5 rings (SSSR count). The Morgan fingerprint density at radius 3 is 1.85 bits per heavy atom. The number of methoxy groups -OCH3 is 2. The normalized spacial score (nSPS) is 13.3. The van der Waals surface area contributed by atoms with Gasteiger partial charge in [0.25, 0.3) is 5.91 Å². The standard InChI is InChI=1S/C33H35N3O4/c1-23-5-11-27(12-6-23)36-24(2)30(22-31(36)26-9-15-29(40-4)16-10-26)33(38)35-19-17-34(18-20-35)32(37)21-25-7-13-28(39-3)14-8-25/h5-16,22H,17-21H2,1-4H3. The Balaban J connectivity index is 1.34. The molecule has 1 aliphatic rings. The molecule has 0 aliphatic carbocycles. The van der Waals surface area contributed by atoms with E-state index >= 15 is 0 Å². The van der Waals surface area contributed by atoms with Crippen molar-refractivity contribution < 1.29 is 19.1 Å². The van der Waals surface area contributed by atoms with E-state index in [4.69, 9.17) is 9.47 Å². The Morgan fingerprint density at radius 1 is 0.725 bits per heavy atom. The summed E-state index contributed by atoms with van der Waals surface area (Å²) in [6.45, 7) is 6.09. The Hall–Kier alpha value is -4.52. The number of piperazine rings is 1. The number of benzene rings is 3. The van der Waals surface area contributed by atoms with Gasteiger partial charge in [-0.05, 0) is 79.6 Å². The molecule has 1 aromatic heterocycles. The molecule has 7 heteroatoms. The third kappa shape index (κ3) is 5.59. The second-order valence-electron chi connectivity index (χ2n) is 10.1. The Morgan fingerprint density at radius 2 is 1.27 bits per heavy atom. The number of rotatable bonds is 7. The van der Waals surface area contributed by atoms with Crippen LogP contribution in [0.15, 0.2) is 78.9 Å². The molecule has 3 aromatic carbocycles. The Kier molecular flexibility index (Phi) is 7.91. The van der Waals surface area contributed by atoms with Crippen LogP contribution in [0.4, 0.5) is 0 Å². The highest BCUT2D eigenvalue weighted by atomic mass is 16.5. The predicted octanol–water partition coefficient (Wildman–Crippen LogP) is 5.31. The van der Waals surface area contributed by atoms with E-state index < -0.39 is 0 Å². The first-order chi connectivity index (χ1) is 19.4. The highest BCUT2D eigenvalue weighted by Gasteiger charge is 2.28. The molecule has 1 saturated heterocycles. The van der Waals surface area contributed by atoms with Crippen LogP contribution in [0.3, 0.4) is 0 Å². The zero-order chi connectivity index (χ0) is 28.2. The molecular weight excluding hydrogens is 502 g/mol. The van der Waals surface area contributed by atoms with Crippen molar-refractivity contribution >= 4 is 11.8 Å². The van der Waals surface area contributed by atoms with E-state index in [-0.39, 0.29) is 11.8 Å². The first kappa shape index (κ1) is 27.1. The molecule has 0 spiro atoms. The summed E-state index contributed by atoms with van der Waals surface area (Å²) in [4.78, 5) is 30.4. The van der Waals surface area contributed by atoms with E-state index in [1.807, 2.05) is 71.3 Å². The first-order valence-corrected chi connectivity index (χ1v) is 13.5. The summed E-state index contributed by atoms with van der Waals surface area (Å²) in [6, 6.07) is 25.8. The molecule has 0 N–H and O–H groups in total. The average Bonchev–Trinajstić information content (AvgIpc) is 3.34. The highest BCUT2D eigenvalue weighted by molar-refractivity contribution is 5.97. The molecule has 0 atom stereocenters. The molecule has 0 unspecified atom stereocenters. The van der Waals surface area contributed by atoms with Crippen LogP contribution in [0.5, 0.6) is 11.5 Å². The van der Waals surface area contributed by atoms with Gasteiger partial charge in [0.15, 0.2) is 0 Å². The van der Waals surface area contributed by atoms with Gasteiger partial charge in [0.1, 0.15) is 11.5 Å². The summed E-state index contributed by atoms with van der Waals surface area (Å²) in [5.74, 6) is 1.61. The summed E-state index contributed by atoms with van der Waals surface area (Å²) in [7, 11) is 3.27. The first-order valence-electron chi connectivity index (χ1n) is 13.5. The van der Waals surface area contributed by atoms with Gasteiger partial charge in [0.05, 0.1) is 31.9 Å². The number of hydrogen-bond donors (Lipinski definition) is 0. The lowest BCUT2D eigenvalue weighted by atomic mass is 10.1. The fourth-order valence-corrected chi connectivity index (χ4v) is 5.18. The SMILES string of the molecule is COc1ccc(CC(=O)N2CCN(C(=O)c3cc(-c4ccc(OC)cc4)n(-c4ccc(C)cc4)c3C)CC2)cc1. The van der Waals surface area contributed by atoms with Crippen LogP contribution >= 0.6 is 0 Å². The lowest BCUT2D eigenvalue weighted by Crippen LogP contribution is -2.51. The van der Waals surface area contributed by atoms with Crippen LogP contribution in [0, 0.1) is 13.8 Å². The number of aromatic nitrogens is 1. The number of nitrogens with zero attached hydrogens (tertiary/aromatic N) is 3. The van der Waals surface area contributed by atoms with Crippen LogP contribution in [-0.4, -0.2) is 66.6 Å². The van der Waals surface area contributed by atoms with Crippen LogP contribution < -0.4 is 9.47 Å². The summed E-state index contributed by atoms with van der Waals surface area (Å²) in [6.07, 6.45) is 0.335. The molecule has 4 aromatic rings. The van der Waals surface area contributed by atoms with Gasteiger partial charge in [-0.3, -0.25) is 9.59 Å². The molecule has 40 heavy (non-hydrogen) atoms. The molecule has 0 radical (unpaired) electrons. The van der Waals surface area contributed by atoms with Crippen molar-refractivity contribution in [3.63, 3.8) is 0 Å². The van der Waals surface area contributed by atoms with Gasteiger partial charge < -0.3 is 23.8 Å². The molecule has 206 valence electrons. The third-order valence-corrected chi connectivity index (χ3v) is 7.59. The zero-order valence-electron chi connectivity index (χ0n) is 23.5. The van der Waals surface area contributed by atoms with Crippen molar-refractivity contribution in [3.05, 3.63) is 101 Å². The lowest BCUT2D eigenvalue weighted by molar-refractivity contribution is -0.131. The maximum Gasteiger partial charge on any atom is 0.255 e. The Labute approximate surface area is 235 Å². The largest absolute Gasteiger partial charge is 0.497 e. The van der Waals surface area contributed by atoms with E-state index in [0.29, 0.717) is 38.2 Å². The van der Waals surface area contributed by atoms with Gasteiger partial charge in [-0.15, -0.1) is 0 Å². The minimum absolute atomic E-state index is 0.0135. The second kappa shape index (κ2) is 11.7. The summed E-state index contributed by atoms with van der Waals surface area (Å²) < 4.78 is 12.7. The molecule has 1 fully saturated rings. The quantitative estimate of drug-likeness (QED) is 0.321. The van der Waals surface area contributed by atoms with E-state index in [9.17, 15) is 9.59 Å². The fourth-order valence-electron chi connectivity index (χ4n) is 5.18. The number of carbonyl (C=O) groups excluding carboxylic acids is 2. The van der Waals surface area contributed by atoms with E-state index in [1.54, 1.807) is 14.2 Å². The van der Waals surface area contributed by atoms with E-state index in [0.717, 1.165) is 39.7 Å². The van der Waals surface area contributed by atoms with Crippen LogP contribution in [0.1, 0.15) is 27.2 Å². The second-order valence-corrected chi connectivity index (χ2v) is 10.1. The smallest absolute Gasteiger partial charge is 0.255 e. The molecule has 0 bridgehead atoms. The number of amides is 2. The number of carbonyl (C=O) groups is 2. The monoisotopic (exact) mass is 537 g/mol. The molecule has 1 aliphatic heterocycles. The molecule has 2 amide bonds. The summed E-state index contributed by atoms with van der Waals surface area (Å²) >= 11 is 0. The zero-order valence-corrected chi connectivity index (χ0v) is 23.5. The van der Waals surface area contributed by atoms with Gasteiger partial charge in [0.2, 0.25) is 5.91 Å².